The molecule has 0 spiro atoms. The summed E-state index contributed by atoms with van der Waals surface area (Å²) < 4.78 is 5.15. The topological polar surface area (TPSA) is 95.9 Å². The zero-order valence-electron chi connectivity index (χ0n) is 6.92. The Balaban J connectivity index is 2.63. The van der Waals surface area contributed by atoms with Crippen LogP contribution >= 0.6 is 0 Å². The highest BCUT2D eigenvalue weighted by Gasteiger charge is 2.39. The van der Waals surface area contributed by atoms with E-state index in [1.807, 2.05) is 0 Å². The van der Waals surface area contributed by atoms with Crippen LogP contribution in [0.1, 0.15) is 6.92 Å². The molecular formula is C7H15NO4. The molecule has 0 radical (unpaired) electrons. The third-order valence-corrected chi connectivity index (χ3v) is 2.22. The maximum atomic E-state index is 9.35. The fourth-order valence-electron chi connectivity index (χ4n) is 1.34. The van der Waals surface area contributed by atoms with Gasteiger partial charge in [-0.25, -0.2) is 0 Å². The van der Waals surface area contributed by atoms with Gasteiger partial charge < -0.3 is 25.8 Å². The van der Waals surface area contributed by atoms with Gasteiger partial charge in [0.05, 0.1) is 24.9 Å². The van der Waals surface area contributed by atoms with E-state index in [4.69, 9.17) is 15.6 Å². The van der Waals surface area contributed by atoms with Gasteiger partial charge in [-0.05, 0) is 6.92 Å². The Morgan fingerprint density at radius 1 is 1.33 bits per heavy atom. The van der Waals surface area contributed by atoms with E-state index < -0.39 is 30.5 Å². The lowest BCUT2D eigenvalue weighted by Gasteiger charge is -2.39. The molecule has 5 atom stereocenters. The van der Waals surface area contributed by atoms with Gasteiger partial charge in [-0.3, -0.25) is 0 Å². The molecular weight excluding hydrogens is 162 g/mol. The van der Waals surface area contributed by atoms with Gasteiger partial charge >= 0.3 is 0 Å². The molecule has 0 aromatic heterocycles. The molecule has 1 heterocycles. The lowest BCUT2D eigenvalue weighted by molar-refractivity contribution is -0.180. The number of hydrogen-bond acceptors (Lipinski definition) is 5. The van der Waals surface area contributed by atoms with Gasteiger partial charge in [0, 0.05) is 0 Å². The number of aliphatic hydroxyl groups excluding tert-OH is 3. The molecule has 2 unspecified atom stereocenters. The average Bonchev–Trinajstić information content (AvgIpc) is 2.08. The lowest BCUT2D eigenvalue weighted by atomic mass is 9.94. The van der Waals surface area contributed by atoms with Crippen LogP contribution in [0.4, 0.5) is 0 Å². The molecule has 1 aliphatic rings. The monoisotopic (exact) mass is 177 g/mol. The number of hydrogen-bond donors (Lipinski definition) is 4. The molecule has 5 nitrogen and oxygen atoms in total. The van der Waals surface area contributed by atoms with Crippen molar-refractivity contribution >= 4 is 0 Å². The van der Waals surface area contributed by atoms with E-state index in [2.05, 4.69) is 0 Å². The van der Waals surface area contributed by atoms with Crippen LogP contribution in [0.5, 0.6) is 0 Å². The fraction of sp³-hybridized carbons (Fsp3) is 1.00. The van der Waals surface area contributed by atoms with Crippen molar-refractivity contribution < 1.29 is 20.1 Å². The first kappa shape index (κ1) is 9.88. The molecule has 5 heteroatoms. The highest BCUT2D eigenvalue weighted by molar-refractivity contribution is 4.92. The summed E-state index contributed by atoms with van der Waals surface area (Å²) in [6.07, 6.45) is -3.07. The van der Waals surface area contributed by atoms with Crippen molar-refractivity contribution in [3.05, 3.63) is 0 Å². The van der Waals surface area contributed by atoms with Gasteiger partial charge in [-0.1, -0.05) is 0 Å². The predicted octanol–water partition coefficient (Wildman–Crippen LogP) is -2.18. The molecule has 0 aliphatic carbocycles. The molecule has 0 amide bonds. The largest absolute Gasteiger partial charge is 0.394 e. The molecule has 0 saturated carbocycles. The first-order valence-corrected chi connectivity index (χ1v) is 3.96. The van der Waals surface area contributed by atoms with Crippen LogP contribution in [0.2, 0.25) is 0 Å². The van der Waals surface area contributed by atoms with E-state index in [0.717, 1.165) is 0 Å². The van der Waals surface area contributed by atoms with E-state index in [0.29, 0.717) is 0 Å². The molecule has 5 N–H and O–H groups in total. The molecule has 12 heavy (non-hydrogen) atoms. The Morgan fingerprint density at radius 3 is 2.42 bits per heavy atom. The zero-order chi connectivity index (χ0) is 9.30. The van der Waals surface area contributed by atoms with Crippen molar-refractivity contribution in [1.29, 1.82) is 0 Å². The maximum absolute atomic E-state index is 9.35. The van der Waals surface area contributed by atoms with Crippen LogP contribution in [-0.4, -0.2) is 52.4 Å². The quantitative estimate of drug-likeness (QED) is 0.365. The van der Waals surface area contributed by atoms with Crippen LogP contribution in [-0.2, 0) is 4.74 Å². The van der Waals surface area contributed by atoms with Crippen LogP contribution in [0.15, 0.2) is 0 Å². The molecule has 0 aromatic carbocycles. The minimum Gasteiger partial charge on any atom is -0.394 e. The summed E-state index contributed by atoms with van der Waals surface area (Å²) in [5.41, 5.74) is 5.49. The molecule has 1 rings (SSSR count). The summed E-state index contributed by atoms with van der Waals surface area (Å²) in [4.78, 5) is 0. The highest BCUT2D eigenvalue weighted by Crippen LogP contribution is 2.18. The van der Waals surface area contributed by atoms with Crippen LogP contribution in [0.3, 0.4) is 0 Å². The first-order valence-electron chi connectivity index (χ1n) is 3.96. The van der Waals surface area contributed by atoms with Crippen molar-refractivity contribution in [2.24, 2.45) is 5.73 Å². The molecule has 0 bridgehead atoms. The second-order valence-electron chi connectivity index (χ2n) is 3.12. The van der Waals surface area contributed by atoms with Crippen molar-refractivity contribution in [2.75, 3.05) is 6.61 Å². The molecule has 0 aromatic rings. The first-order chi connectivity index (χ1) is 5.57. The number of rotatable bonds is 1. The van der Waals surface area contributed by atoms with E-state index in [1.165, 1.54) is 0 Å². The predicted molar refractivity (Wildman–Crippen MR) is 41.4 cm³/mol. The minimum absolute atomic E-state index is 0.241. The summed E-state index contributed by atoms with van der Waals surface area (Å²) in [5, 5.41) is 27.4. The average molecular weight is 177 g/mol. The molecule has 1 aliphatic heterocycles. The minimum atomic E-state index is -1.02. The standard InChI is InChI=1S/C7H15NO4/c1-3-6(10)7(11)5(8)4(2-9)12-3/h3-7,9-11H,2,8H2,1H3/t3-,4-,5+,6?,7?/m1/s1. The van der Waals surface area contributed by atoms with Gasteiger partial charge in [0.1, 0.15) is 12.2 Å². The summed E-state index contributed by atoms with van der Waals surface area (Å²) in [6.45, 7) is 1.39. The Hall–Kier alpha value is -0.200. The van der Waals surface area contributed by atoms with Gasteiger partial charge in [-0.2, -0.15) is 0 Å². The molecule has 1 fully saturated rings. The summed E-state index contributed by atoms with van der Waals surface area (Å²) in [5.74, 6) is 0. The third kappa shape index (κ3) is 1.60. The summed E-state index contributed by atoms with van der Waals surface area (Å²) in [6, 6.07) is -0.721. The maximum Gasteiger partial charge on any atom is 0.107 e. The van der Waals surface area contributed by atoms with Crippen molar-refractivity contribution in [2.45, 2.75) is 37.4 Å². The SMILES string of the molecule is C[C@H]1O[C@H](CO)[C@H](N)C(O)C1O. The van der Waals surface area contributed by atoms with Crippen molar-refractivity contribution in [1.82, 2.24) is 0 Å². The summed E-state index contributed by atoms with van der Waals surface area (Å²) >= 11 is 0. The van der Waals surface area contributed by atoms with Crippen LogP contribution < -0.4 is 5.73 Å². The summed E-state index contributed by atoms with van der Waals surface area (Å²) in [7, 11) is 0. The van der Waals surface area contributed by atoms with Gasteiger partial charge in [-0.15, -0.1) is 0 Å². The highest BCUT2D eigenvalue weighted by atomic mass is 16.5. The Labute approximate surface area is 70.8 Å². The number of nitrogens with two attached hydrogens (primary N) is 1. The Morgan fingerprint density at radius 2 is 1.92 bits per heavy atom. The Kier molecular flexibility index (Phi) is 3.03. The second-order valence-corrected chi connectivity index (χ2v) is 3.12. The van der Waals surface area contributed by atoms with Crippen LogP contribution in [0.25, 0.3) is 0 Å². The van der Waals surface area contributed by atoms with E-state index in [-0.39, 0.29) is 6.61 Å². The van der Waals surface area contributed by atoms with E-state index >= 15 is 0 Å². The van der Waals surface area contributed by atoms with E-state index in [9.17, 15) is 10.2 Å². The number of ether oxygens (including phenoxy) is 1. The number of aliphatic hydroxyl groups is 3. The third-order valence-electron chi connectivity index (χ3n) is 2.22. The normalized spacial score (nSPS) is 49.2. The lowest BCUT2D eigenvalue weighted by Crippen LogP contribution is -2.61. The fourth-order valence-corrected chi connectivity index (χ4v) is 1.34. The Bertz CT molecular complexity index is 150. The molecule has 1 saturated heterocycles. The van der Waals surface area contributed by atoms with Gasteiger partial charge in [0.25, 0.3) is 0 Å². The van der Waals surface area contributed by atoms with Crippen molar-refractivity contribution in [3.8, 4) is 0 Å². The van der Waals surface area contributed by atoms with Crippen molar-refractivity contribution in [3.63, 3.8) is 0 Å². The zero-order valence-corrected chi connectivity index (χ0v) is 6.92. The van der Waals surface area contributed by atoms with Gasteiger partial charge in [0.2, 0.25) is 0 Å². The van der Waals surface area contributed by atoms with Crippen LogP contribution in [0, 0.1) is 0 Å². The van der Waals surface area contributed by atoms with E-state index in [1.54, 1.807) is 6.92 Å². The second kappa shape index (κ2) is 3.68. The smallest absolute Gasteiger partial charge is 0.107 e. The van der Waals surface area contributed by atoms with Gasteiger partial charge in [0.15, 0.2) is 0 Å². The molecule has 72 valence electrons.